The quantitative estimate of drug-likeness (QED) is 0.915. The normalized spacial score (nSPS) is 22.9. The van der Waals surface area contributed by atoms with Gasteiger partial charge in [-0.1, -0.05) is 6.92 Å². The molecule has 0 amide bonds. The van der Waals surface area contributed by atoms with E-state index in [0.29, 0.717) is 17.6 Å². The van der Waals surface area contributed by atoms with Crippen LogP contribution in [0, 0.1) is 5.92 Å². The Kier molecular flexibility index (Phi) is 4.73. The summed E-state index contributed by atoms with van der Waals surface area (Å²) < 4.78 is 5.68. The zero-order chi connectivity index (χ0) is 14.7. The van der Waals surface area contributed by atoms with Gasteiger partial charge in [0.1, 0.15) is 5.82 Å². The van der Waals surface area contributed by atoms with Crippen molar-refractivity contribution < 1.29 is 4.74 Å². The molecule has 1 fully saturated rings. The van der Waals surface area contributed by atoms with Gasteiger partial charge in [-0.2, -0.15) is 4.98 Å². The van der Waals surface area contributed by atoms with Crippen LogP contribution in [0.2, 0.25) is 0 Å². The number of hydrogen-bond donors (Lipinski definition) is 1. The summed E-state index contributed by atoms with van der Waals surface area (Å²) in [4.78, 5) is 6.86. The molecule has 112 valence electrons. The van der Waals surface area contributed by atoms with Gasteiger partial charge in [0.2, 0.25) is 5.88 Å². The minimum Gasteiger partial charge on any atom is -0.473 e. The summed E-state index contributed by atoms with van der Waals surface area (Å²) >= 11 is 0. The number of nitrogen functional groups attached to an aromatic ring is 1. The smallest absolute Gasteiger partial charge is 0.239 e. The number of hydrogen-bond acceptors (Lipinski definition) is 4. The highest BCUT2D eigenvalue weighted by atomic mass is 16.5. The number of ether oxygens (including phenoxy) is 1. The van der Waals surface area contributed by atoms with Crippen molar-refractivity contribution in [2.75, 3.05) is 17.7 Å². The number of nitrogens with zero attached hydrogens (tertiary/aromatic N) is 2. The SMILES string of the molecule is CC1CCC(N(C)c2ccc(N)c(OC(C)C)n2)CC1. The van der Waals surface area contributed by atoms with Crippen LogP contribution in [0.1, 0.15) is 46.5 Å². The van der Waals surface area contributed by atoms with E-state index in [2.05, 4.69) is 23.9 Å². The Morgan fingerprint density at radius 2 is 1.90 bits per heavy atom. The minimum atomic E-state index is 0.0842. The number of pyridine rings is 1. The summed E-state index contributed by atoms with van der Waals surface area (Å²) in [7, 11) is 2.12. The third-order valence-electron chi connectivity index (χ3n) is 4.12. The molecule has 1 aliphatic carbocycles. The summed E-state index contributed by atoms with van der Waals surface area (Å²) in [6.45, 7) is 6.31. The molecule has 2 rings (SSSR count). The van der Waals surface area contributed by atoms with Crippen LogP contribution in [-0.2, 0) is 0 Å². The van der Waals surface area contributed by atoms with E-state index in [1.165, 1.54) is 25.7 Å². The summed E-state index contributed by atoms with van der Waals surface area (Å²) in [5.41, 5.74) is 6.53. The Morgan fingerprint density at radius 1 is 1.25 bits per heavy atom. The Balaban J connectivity index is 2.11. The number of rotatable bonds is 4. The van der Waals surface area contributed by atoms with Crippen molar-refractivity contribution in [3.8, 4) is 5.88 Å². The average Bonchev–Trinajstić information content (AvgIpc) is 2.41. The Bertz CT molecular complexity index is 439. The lowest BCUT2D eigenvalue weighted by molar-refractivity contribution is 0.234. The molecule has 0 saturated heterocycles. The lowest BCUT2D eigenvalue weighted by Crippen LogP contribution is -2.35. The molecular weight excluding hydrogens is 250 g/mol. The topological polar surface area (TPSA) is 51.4 Å². The largest absolute Gasteiger partial charge is 0.473 e. The molecule has 0 aromatic carbocycles. The van der Waals surface area contributed by atoms with Crippen molar-refractivity contribution in [1.82, 2.24) is 4.98 Å². The molecule has 1 aromatic heterocycles. The number of nitrogens with two attached hydrogens (primary N) is 1. The molecule has 20 heavy (non-hydrogen) atoms. The first-order valence-electron chi connectivity index (χ1n) is 7.63. The second-order valence-electron chi connectivity index (χ2n) is 6.26. The first kappa shape index (κ1) is 14.9. The van der Waals surface area contributed by atoms with Crippen molar-refractivity contribution in [3.63, 3.8) is 0 Å². The summed E-state index contributed by atoms with van der Waals surface area (Å²) in [6.07, 6.45) is 5.17. The van der Waals surface area contributed by atoms with Crippen LogP contribution in [0.15, 0.2) is 12.1 Å². The van der Waals surface area contributed by atoms with Gasteiger partial charge >= 0.3 is 0 Å². The Hall–Kier alpha value is -1.45. The first-order chi connectivity index (χ1) is 9.47. The molecule has 0 spiro atoms. The van der Waals surface area contributed by atoms with Crippen molar-refractivity contribution >= 4 is 11.5 Å². The Morgan fingerprint density at radius 3 is 2.50 bits per heavy atom. The summed E-state index contributed by atoms with van der Waals surface area (Å²) in [6, 6.07) is 4.46. The standard InChI is InChI=1S/C16H27N3O/c1-11(2)20-16-14(17)9-10-15(18-16)19(4)13-7-5-12(3)6-8-13/h9-13H,5-8,17H2,1-4H3. The minimum absolute atomic E-state index is 0.0842. The van der Waals surface area contributed by atoms with Gasteiger partial charge in [-0.15, -0.1) is 0 Å². The maximum atomic E-state index is 5.93. The third-order valence-corrected chi connectivity index (χ3v) is 4.12. The molecule has 0 bridgehead atoms. The molecule has 4 heteroatoms. The van der Waals surface area contributed by atoms with E-state index in [1.807, 2.05) is 26.0 Å². The molecule has 0 unspecified atom stereocenters. The van der Waals surface area contributed by atoms with Crippen LogP contribution in [0.25, 0.3) is 0 Å². The van der Waals surface area contributed by atoms with E-state index < -0.39 is 0 Å². The fourth-order valence-corrected chi connectivity index (χ4v) is 2.77. The highest BCUT2D eigenvalue weighted by molar-refractivity contribution is 5.54. The first-order valence-corrected chi connectivity index (χ1v) is 7.63. The van der Waals surface area contributed by atoms with Crippen LogP contribution in [0.4, 0.5) is 11.5 Å². The van der Waals surface area contributed by atoms with Crippen LogP contribution in [0.3, 0.4) is 0 Å². The molecule has 0 atom stereocenters. The molecule has 1 aliphatic rings. The van der Waals surface area contributed by atoms with E-state index in [-0.39, 0.29) is 6.10 Å². The van der Waals surface area contributed by atoms with E-state index >= 15 is 0 Å². The van der Waals surface area contributed by atoms with Crippen LogP contribution in [-0.4, -0.2) is 24.2 Å². The average molecular weight is 277 g/mol. The van der Waals surface area contributed by atoms with E-state index in [4.69, 9.17) is 10.5 Å². The van der Waals surface area contributed by atoms with E-state index in [1.54, 1.807) is 0 Å². The fraction of sp³-hybridized carbons (Fsp3) is 0.688. The highest BCUT2D eigenvalue weighted by Crippen LogP contribution is 2.30. The molecule has 1 saturated carbocycles. The Labute approximate surface area is 122 Å². The maximum absolute atomic E-state index is 5.93. The number of anilines is 2. The second-order valence-corrected chi connectivity index (χ2v) is 6.26. The summed E-state index contributed by atoms with van der Waals surface area (Å²) in [5, 5.41) is 0. The van der Waals surface area contributed by atoms with Gasteiger partial charge in [-0.25, -0.2) is 0 Å². The molecule has 1 aromatic rings. The third kappa shape index (κ3) is 3.56. The van der Waals surface area contributed by atoms with Crippen LogP contribution in [0.5, 0.6) is 5.88 Å². The lowest BCUT2D eigenvalue weighted by atomic mass is 9.87. The van der Waals surface area contributed by atoms with Crippen molar-refractivity contribution in [2.45, 2.75) is 58.6 Å². The monoisotopic (exact) mass is 277 g/mol. The van der Waals surface area contributed by atoms with Crippen molar-refractivity contribution in [2.24, 2.45) is 5.92 Å². The van der Waals surface area contributed by atoms with Gasteiger partial charge in [0.05, 0.1) is 11.8 Å². The molecule has 4 nitrogen and oxygen atoms in total. The summed E-state index contributed by atoms with van der Waals surface area (Å²) in [5.74, 6) is 2.36. The fourth-order valence-electron chi connectivity index (χ4n) is 2.77. The van der Waals surface area contributed by atoms with Gasteiger partial charge in [-0.05, 0) is 57.6 Å². The van der Waals surface area contributed by atoms with Gasteiger partial charge in [-0.3, -0.25) is 0 Å². The van der Waals surface area contributed by atoms with Gasteiger partial charge < -0.3 is 15.4 Å². The molecule has 0 aliphatic heterocycles. The zero-order valence-corrected chi connectivity index (χ0v) is 13.1. The van der Waals surface area contributed by atoms with Crippen LogP contribution >= 0.6 is 0 Å². The predicted octanol–water partition coefficient (Wildman–Crippen LogP) is 3.47. The second kappa shape index (κ2) is 6.33. The highest BCUT2D eigenvalue weighted by Gasteiger charge is 2.23. The van der Waals surface area contributed by atoms with Gasteiger partial charge in [0.25, 0.3) is 0 Å². The van der Waals surface area contributed by atoms with Crippen molar-refractivity contribution in [1.29, 1.82) is 0 Å². The molecular formula is C16H27N3O. The van der Waals surface area contributed by atoms with Crippen molar-refractivity contribution in [3.05, 3.63) is 12.1 Å². The molecule has 1 heterocycles. The molecule has 0 radical (unpaired) electrons. The number of aromatic nitrogens is 1. The molecule has 2 N–H and O–H groups in total. The predicted molar refractivity (Wildman–Crippen MR) is 84.2 cm³/mol. The van der Waals surface area contributed by atoms with E-state index in [9.17, 15) is 0 Å². The lowest BCUT2D eigenvalue weighted by Gasteiger charge is -2.34. The zero-order valence-electron chi connectivity index (χ0n) is 13.1. The maximum Gasteiger partial charge on any atom is 0.239 e. The van der Waals surface area contributed by atoms with Gasteiger partial charge in [0, 0.05) is 13.1 Å². The van der Waals surface area contributed by atoms with Gasteiger partial charge in [0.15, 0.2) is 0 Å². The van der Waals surface area contributed by atoms with E-state index in [0.717, 1.165) is 11.7 Å². The van der Waals surface area contributed by atoms with Crippen LogP contribution < -0.4 is 15.4 Å².